The molecule has 1 N–H and O–H groups in total. The molecule has 0 spiro atoms. The zero-order valence-electron chi connectivity index (χ0n) is 17.1. The van der Waals surface area contributed by atoms with E-state index >= 15 is 0 Å². The van der Waals surface area contributed by atoms with E-state index in [1.807, 2.05) is 30.6 Å². The molecule has 0 aliphatic heterocycles. The minimum atomic E-state index is 0.901. The van der Waals surface area contributed by atoms with E-state index < -0.39 is 0 Å². The largest absolute Gasteiger partial charge is 0.338 e. The van der Waals surface area contributed by atoms with Crippen molar-refractivity contribution in [3.63, 3.8) is 0 Å². The number of nitrogens with zero attached hydrogens (tertiary/aromatic N) is 3. The fourth-order valence-electron chi connectivity index (χ4n) is 4.07. The number of H-pyrrole nitrogens is 1. The van der Waals surface area contributed by atoms with E-state index in [1.54, 1.807) is 0 Å². The molecule has 5 rings (SSSR count). The smallest absolute Gasteiger partial charge is 0.134 e. The van der Waals surface area contributed by atoms with Crippen LogP contribution in [0, 0.1) is 0 Å². The van der Waals surface area contributed by atoms with Crippen molar-refractivity contribution in [2.24, 2.45) is 0 Å². The van der Waals surface area contributed by atoms with Gasteiger partial charge in [-0.3, -0.25) is 9.97 Å². The van der Waals surface area contributed by atoms with Gasteiger partial charge in [0.2, 0.25) is 0 Å². The molecule has 4 heteroatoms. The minimum absolute atomic E-state index is 0.901. The van der Waals surface area contributed by atoms with Gasteiger partial charge in [0, 0.05) is 23.2 Å². The summed E-state index contributed by atoms with van der Waals surface area (Å²) in [6.07, 6.45) is 10.5. The lowest BCUT2D eigenvalue weighted by atomic mass is 10.0. The van der Waals surface area contributed by atoms with Gasteiger partial charge in [-0.2, -0.15) is 0 Å². The number of benzene rings is 2. The zero-order valence-corrected chi connectivity index (χ0v) is 17.1. The van der Waals surface area contributed by atoms with E-state index in [9.17, 15) is 0 Å². The lowest BCUT2D eigenvalue weighted by Crippen LogP contribution is -1.89. The first-order valence-electron chi connectivity index (χ1n) is 10.6. The number of pyridine rings is 2. The summed E-state index contributed by atoms with van der Waals surface area (Å²) < 4.78 is 0. The number of hydrogen-bond acceptors (Lipinski definition) is 3. The van der Waals surface area contributed by atoms with E-state index in [1.165, 1.54) is 24.0 Å². The first-order valence-corrected chi connectivity index (χ1v) is 10.6. The molecule has 0 saturated heterocycles. The van der Waals surface area contributed by atoms with Crippen molar-refractivity contribution >= 4 is 44.5 Å². The highest BCUT2D eigenvalue weighted by Gasteiger charge is 2.16. The topological polar surface area (TPSA) is 54.5 Å². The number of nitrogens with one attached hydrogen (secondary N) is 1. The molecule has 148 valence electrons. The molecular formula is C26H24N4. The Morgan fingerprint density at radius 3 is 2.33 bits per heavy atom. The maximum Gasteiger partial charge on any atom is 0.134 e. The number of fused-ring (bicyclic) bond motifs is 6. The highest BCUT2D eigenvalue weighted by molar-refractivity contribution is 6.20. The average molecular weight is 393 g/mol. The van der Waals surface area contributed by atoms with Gasteiger partial charge in [0.1, 0.15) is 5.82 Å². The first-order chi connectivity index (χ1) is 14.8. The van der Waals surface area contributed by atoms with Crippen LogP contribution in [0.25, 0.3) is 44.5 Å². The lowest BCUT2D eigenvalue weighted by Gasteiger charge is -2.05. The van der Waals surface area contributed by atoms with Gasteiger partial charge in [0.15, 0.2) is 0 Å². The Bertz CT molecular complexity index is 1280. The van der Waals surface area contributed by atoms with Crippen molar-refractivity contribution in [3.05, 3.63) is 78.4 Å². The van der Waals surface area contributed by atoms with Crippen molar-refractivity contribution in [1.29, 1.82) is 0 Å². The first kappa shape index (κ1) is 18.5. The van der Waals surface area contributed by atoms with Crippen molar-refractivity contribution in [2.45, 2.75) is 32.6 Å². The van der Waals surface area contributed by atoms with Crippen LogP contribution in [0.5, 0.6) is 0 Å². The van der Waals surface area contributed by atoms with E-state index in [4.69, 9.17) is 4.98 Å². The zero-order chi connectivity index (χ0) is 20.3. The molecule has 0 bridgehead atoms. The molecule has 0 fully saturated rings. The number of hydrogen-bond donors (Lipinski definition) is 1. The van der Waals surface area contributed by atoms with Crippen LogP contribution >= 0.6 is 0 Å². The fraction of sp³-hybridized carbons (Fsp3) is 0.192. The third-order valence-electron chi connectivity index (χ3n) is 5.56. The van der Waals surface area contributed by atoms with E-state index in [0.717, 1.165) is 51.5 Å². The summed E-state index contributed by atoms with van der Waals surface area (Å²) >= 11 is 0. The number of imidazole rings is 1. The normalized spacial score (nSPS) is 12.2. The lowest BCUT2D eigenvalue weighted by molar-refractivity contribution is 0.734. The Morgan fingerprint density at radius 1 is 0.833 bits per heavy atom. The standard InChI is InChI=1S/C26H24N4/c1-2-3-5-12-19(17-18-10-6-4-7-11-18)26-29-24-20-13-8-15-27-22(20)23-21(25(24)30-26)14-9-16-28-23/h4,6-11,13-17H,2-3,5,12H2,1H3,(H,29,30)/b19-17+. The molecule has 0 atom stereocenters. The van der Waals surface area contributed by atoms with E-state index in [2.05, 4.69) is 64.3 Å². The summed E-state index contributed by atoms with van der Waals surface area (Å²) in [7, 11) is 0. The SMILES string of the molecule is CCCCC/C(=C\c1ccccc1)c1nc2c3cccnc3c3ncccc3c2[nH]1. The van der Waals surface area contributed by atoms with Crippen LogP contribution in [0.3, 0.4) is 0 Å². The second-order valence-electron chi connectivity index (χ2n) is 7.65. The monoisotopic (exact) mass is 392 g/mol. The summed E-state index contributed by atoms with van der Waals surface area (Å²) in [5.74, 6) is 0.937. The van der Waals surface area contributed by atoms with Gasteiger partial charge in [-0.15, -0.1) is 0 Å². The molecule has 0 unspecified atom stereocenters. The Labute approximate surface area is 175 Å². The quantitative estimate of drug-likeness (QED) is 0.256. The van der Waals surface area contributed by atoms with Gasteiger partial charge in [-0.05, 0) is 54.3 Å². The minimum Gasteiger partial charge on any atom is -0.338 e. The summed E-state index contributed by atoms with van der Waals surface area (Å²) in [5, 5.41) is 2.10. The van der Waals surface area contributed by atoms with Crippen molar-refractivity contribution in [2.75, 3.05) is 0 Å². The molecule has 5 aromatic rings. The van der Waals surface area contributed by atoms with Crippen LogP contribution in [-0.4, -0.2) is 19.9 Å². The third-order valence-corrected chi connectivity index (χ3v) is 5.56. The van der Waals surface area contributed by atoms with Crippen molar-refractivity contribution in [1.82, 2.24) is 19.9 Å². The maximum absolute atomic E-state index is 5.07. The van der Waals surface area contributed by atoms with Crippen LogP contribution in [0.4, 0.5) is 0 Å². The number of aromatic nitrogens is 4. The average Bonchev–Trinajstić information content (AvgIpc) is 3.25. The second-order valence-corrected chi connectivity index (χ2v) is 7.65. The number of rotatable bonds is 6. The Morgan fingerprint density at radius 2 is 1.57 bits per heavy atom. The van der Waals surface area contributed by atoms with Gasteiger partial charge < -0.3 is 4.98 Å². The third kappa shape index (κ3) is 3.35. The van der Waals surface area contributed by atoms with Crippen LogP contribution in [0.2, 0.25) is 0 Å². The molecule has 3 heterocycles. The van der Waals surface area contributed by atoms with Gasteiger partial charge in [0.05, 0.1) is 22.1 Å². The number of allylic oxidation sites excluding steroid dienone is 1. The summed E-state index contributed by atoms with van der Waals surface area (Å²) in [6, 6.07) is 18.6. The molecule has 0 aliphatic carbocycles. The molecule has 2 aromatic carbocycles. The molecule has 4 nitrogen and oxygen atoms in total. The van der Waals surface area contributed by atoms with Gasteiger partial charge in [-0.1, -0.05) is 50.1 Å². The highest BCUT2D eigenvalue weighted by Crippen LogP contribution is 2.33. The maximum atomic E-state index is 5.07. The van der Waals surface area contributed by atoms with Crippen LogP contribution in [-0.2, 0) is 0 Å². The Hall–Kier alpha value is -3.53. The molecule has 3 aromatic heterocycles. The highest BCUT2D eigenvalue weighted by atomic mass is 14.9. The van der Waals surface area contributed by atoms with Gasteiger partial charge in [0.25, 0.3) is 0 Å². The molecule has 30 heavy (non-hydrogen) atoms. The summed E-state index contributed by atoms with van der Waals surface area (Å²) in [5.41, 5.74) is 6.24. The number of aromatic amines is 1. The van der Waals surface area contributed by atoms with Gasteiger partial charge in [-0.25, -0.2) is 4.98 Å². The van der Waals surface area contributed by atoms with E-state index in [0.29, 0.717) is 0 Å². The Kier molecular flexibility index (Phi) is 4.98. The predicted molar refractivity (Wildman–Crippen MR) is 125 cm³/mol. The molecule has 0 amide bonds. The summed E-state index contributed by atoms with van der Waals surface area (Å²) in [4.78, 5) is 17.9. The van der Waals surface area contributed by atoms with Crippen molar-refractivity contribution in [3.8, 4) is 0 Å². The van der Waals surface area contributed by atoms with Crippen molar-refractivity contribution < 1.29 is 0 Å². The molecular weight excluding hydrogens is 368 g/mol. The van der Waals surface area contributed by atoms with Crippen LogP contribution < -0.4 is 0 Å². The van der Waals surface area contributed by atoms with Gasteiger partial charge >= 0.3 is 0 Å². The van der Waals surface area contributed by atoms with Crippen LogP contribution in [0.15, 0.2) is 67.0 Å². The molecule has 0 aliphatic rings. The molecule has 0 radical (unpaired) electrons. The Balaban J connectivity index is 1.73. The second kappa shape index (κ2) is 8.07. The molecule has 0 saturated carbocycles. The summed E-state index contributed by atoms with van der Waals surface area (Å²) in [6.45, 7) is 2.24. The fourth-order valence-corrected chi connectivity index (χ4v) is 4.07. The number of unbranched alkanes of at least 4 members (excludes halogenated alkanes) is 2. The van der Waals surface area contributed by atoms with E-state index in [-0.39, 0.29) is 0 Å². The predicted octanol–water partition coefficient (Wildman–Crippen LogP) is 6.78. The van der Waals surface area contributed by atoms with Crippen LogP contribution in [0.1, 0.15) is 44.0 Å².